The van der Waals surface area contributed by atoms with E-state index in [1.165, 1.54) is 6.08 Å². The van der Waals surface area contributed by atoms with Crippen LogP contribution in [0, 0.1) is 0 Å². The molecule has 0 heterocycles. The van der Waals surface area contributed by atoms with Crippen LogP contribution in [0.4, 0.5) is 0 Å². The predicted molar refractivity (Wildman–Crippen MR) is 65.0 cm³/mol. The first kappa shape index (κ1) is 16.7. The topological polar surface area (TPSA) is 78.8 Å². The lowest BCUT2D eigenvalue weighted by atomic mass is 10.5. The van der Waals surface area contributed by atoms with E-state index in [1.807, 2.05) is 0 Å². The molecule has 0 radical (unpaired) electrons. The molecule has 0 aliphatic rings. The largest absolute Gasteiger partial charge is 0.612 e. The molecule has 2 unspecified atom stereocenters. The van der Waals surface area contributed by atoms with E-state index in [0.717, 1.165) is 7.11 Å². The zero-order valence-electron chi connectivity index (χ0n) is 8.76. The van der Waals surface area contributed by atoms with Gasteiger partial charge in [0.25, 0.3) is 0 Å². The number of phosphoric ester groups is 1. The summed E-state index contributed by atoms with van der Waals surface area (Å²) in [4.78, 5) is 8.38. The molecule has 96 valence electrons. The summed E-state index contributed by atoms with van der Waals surface area (Å²) in [5, 5.41) is 0. The fraction of sp³-hybridized carbons (Fsp3) is 0.714. The van der Waals surface area contributed by atoms with Gasteiger partial charge in [0.15, 0.2) is 4.91 Å². The van der Waals surface area contributed by atoms with Gasteiger partial charge in [-0.2, -0.15) is 0 Å². The van der Waals surface area contributed by atoms with Gasteiger partial charge < -0.3 is 9.45 Å². The van der Waals surface area contributed by atoms with E-state index in [9.17, 15) is 9.12 Å². The van der Waals surface area contributed by atoms with Crippen LogP contribution in [0.25, 0.3) is 0 Å². The number of rotatable bonds is 7. The summed E-state index contributed by atoms with van der Waals surface area (Å²) in [6, 6.07) is 0. The molecular weight excluding hydrogens is 298 g/mol. The van der Waals surface area contributed by atoms with Gasteiger partial charge in [-0.25, -0.2) is 4.57 Å². The van der Waals surface area contributed by atoms with Gasteiger partial charge >= 0.3 is 7.82 Å². The SMILES string of the molecule is CC[S+]([O-])C(=CC(Cl)Cl)COP(=O)(O)OC. The Morgan fingerprint density at radius 3 is 2.62 bits per heavy atom. The molecule has 0 aromatic carbocycles. The minimum absolute atomic E-state index is 0.254. The first-order chi connectivity index (χ1) is 7.32. The quantitative estimate of drug-likeness (QED) is 0.443. The number of hydrogen-bond donors (Lipinski definition) is 1. The van der Waals surface area contributed by atoms with Crippen molar-refractivity contribution in [3.8, 4) is 0 Å². The second kappa shape index (κ2) is 7.95. The molecule has 0 fully saturated rings. The second-order valence-corrected chi connectivity index (χ2v) is 7.04. The van der Waals surface area contributed by atoms with E-state index in [0.29, 0.717) is 5.75 Å². The normalized spacial score (nSPS) is 18.6. The number of halogens is 2. The maximum absolute atomic E-state index is 11.5. The number of alkyl halides is 2. The van der Waals surface area contributed by atoms with E-state index in [1.54, 1.807) is 6.92 Å². The highest BCUT2D eigenvalue weighted by Crippen LogP contribution is 2.42. The van der Waals surface area contributed by atoms with Crippen LogP contribution in [0.5, 0.6) is 0 Å². The van der Waals surface area contributed by atoms with Gasteiger partial charge in [-0.05, 0) is 18.1 Å². The summed E-state index contributed by atoms with van der Waals surface area (Å²) in [5.41, 5.74) is 0. The molecule has 0 rings (SSSR count). The molecule has 2 atom stereocenters. The first-order valence-electron chi connectivity index (χ1n) is 4.22. The van der Waals surface area contributed by atoms with Crippen molar-refractivity contribution in [1.82, 2.24) is 0 Å². The summed E-state index contributed by atoms with van der Waals surface area (Å²) in [7, 11) is -3.05. The molecular formula is C7H13Cl2O5PS. The maximum atomic E-state index is 11.5. The van der Waals surface area contributed by atoms with Crippen molar-refractivity contribution in [2.75, 3.05) is 19.5 Å². The van der Waals surface area contributed by atoms with Crippen LogP contribution < -0.4 is 0 Å². The Hall–Kier alpha value is 0.740. The zero-order chi connectivity index (χ0) is 12.8. The third-order valence-electron chi connectivity index (χ3n) is 1.47. The Labute approximate surface area is 108 Å². The summed E-state index contributed by atoms with van der Waals surface area (Å²) >= 11 is 9.64. The highest BCUT2D eigenvalue weighted by atomic mass is 35.5. The third-order valence-corrected chi connectivity index (χ3v) is 4.00. The third kappa shape index (κ3) is 7.14. The molecule has 0 saturated carbocycles. The molecule has 0 aromatic heterocycles. The molecule has 0 spiro atoms. The van der Waals surface area contributed by atoms with Crippen LogP contribution >= 0.6 is 31.0 Å². The van der Waals surface area contributed by atoms with Gasteiger partial charge in [-0.15, -0.1) is 23.2 Å². The highest BCUT2D eigenvalue weighted by molar-refractivity contribution is 7.95. The monoisotopic (exact) mass is 310 g/mol. The van der Waals surface area contributed by atoms with Gasteiger partial charge in [-0.3, -0.25) is 9.05 Å². The van der Waals surface area contributed by atoms with Crippen LogP contribution in [0.1, 0.15) is 6.92 Å². The summed E-state index contributed by atoms with van der Waals surface area (Å²) in [6.45, 7) is 1.37. The molecule has 0 bridgehead atoms. The lowest BCUT2D eigenvalue weighted by Gasteiger charge is -2.14. The molecule has 16 heavy (non-hydrogen) atoms. The summed E-state index contributed by atoms with van der Waals surface area (Å²) in [6.07, 6.45) is 1.30. The lowest BCUT2D eigenvalue weighted by molar-refractivity contribution is 0.187. The maximum Gasteiger partial charge on any atom is 0.472 e. The molecule has 0 aromatic rings. The zero-order valence-corrected chi connectivity index (χ0v) is 12.0. The molecule has 0 amide bonds. The highest BCUT2D eigenvalue weighted by Gasteiger charge is 2.23. The Bertz CT molecular complexity index is 286. The van der Waals surface area contributed by atoms with Crippen molar-refractivity contribution in [3.63, 3.8) is 0 Å². The number of allylic oxidation sites excluding steroid dienone is 1. The van der Waals surface area contributed by atoms with Gasteiger partial charge in [0, 0.05) is 13.2 Å². The van der Waals surface area contributed by atoms with Crippen molar-refractivity contribution in [2.24, 2.45) is 0 Å². The average Bonchev–Trinajstić information content (AvgIpc) is 2.22. The molecule has 9 heteroatoms. The van der Waals surface area contributed by atoms with Crippen LogP contribution in [-0.2, 0) is 24.8 Å². The van der Waals surface area contributed by atoms with E-state index >= 15 is 0 Å². The Kier molecular flexibility index (Phi) is 8.32. The van der Waals surface area contributed by atoms with Crippen LogP contribution in [-0.4, -0.2) is 33.8 Å². The average molecular weight is 311 g/mol. The lowest BCUT2D eigenvalue weighted by Crippen LogP contribution is -2.13. The van der Waals surface area contributed by atoms with E-state index < -0.39 is 23.8 Å². The van der Waals surface area contributed by atoms with Gasteiger partial charge in [0.2, 0.25) is 0 Å². The summed E-state index contributed by atoms with van der Waals surface area (Å²) < 4.78 is 31.3. The van der Waals surface area contributed by atoms with Crippen molar-refractivity contribution >= 4 is 42.2 Å². The van der Waals surface area contributed by atoms with Crippen molar-refractivity contribution < 1.29 is 23.1 Å². The Morgan fingerprint density at radius 2 is 2.25 bits per heavy atom. The smallest absolute Gasteiger partial charge is 0.472 e. The molecule has 1 N–H and O–H groups in total. The Balaban J connectivity index is 4.52. The van der Waals surface area contributed by atoms with Gasteiger partial charge in [0.05, 0.1) is 0 Å². The first-order valence-corrected chi connectivity index (χ1v) is 7.91. The number of phosphoric acid groups is 1. The molecule has 0 aliphatic heterocycles. The van der Waals surface area contributed by atoms with Crippen LogP contribution in [0.2, 0.25) is 0 Å². The molecule has 5 nitrogen and oxygen atoms in total. The van der Waals surface area contributed by atoms with E-state index in [4.69, 9.17) is 28.1 Å². The fourth-order valence-electron chi connectivity index (χ4n) is 0.714. The minimum Gasteiger partial charge on any atom is -0.612 e. The van der Waals surface area contributed by atoms with Gasteiger partial charge in [0.1, 0.15) is 17.2 Å². The summed E-state index contributed by atoms with van der Waals surface area (Å²) in [5.74, 6) is 0.332. The van der Waals surface area contributed by atoms with E-state index in [-0.39, 0.29) is 11.5 Å². The van der Waals surface area contributed by atoms with Crippen molar-refractivity contribution in [3.05, 3.63) is 11.0 Å². The fourth-order valence-corrected chi connectivity index (χ4v) is 2.51. The predicted octanol–water partition coefficient (Wildman–Crippen LogP) is 2.21. The molecule has 0 aliphatic carbocycles. The van der Waals surface area contributed by atoms with Crippen molar-refractivity contribution in [2.45, 2.75) is 11.8 Å². The number of hydrogen-bond acceptors (Lipinski definition) is 4. The molecule has 0 saturated heterocycles. The van der Waals surface area contributed by atoms with Crippen molar-refractivity contribution in [1.29, 1.82) is 0 Å². The van der Waals surface area contributed by atoms with E-state index in [2.05, 4.69) is 9.05 Å². The van der Waals surface area contributed by atoms with Crippen LogP contribution in [0.15, 0.2) is 11.0 Å². The standard InChI is InChI=1S/C7H13Cl2O5PS/c1-3-16(12)6(4-7(8)9)5-14-15(10,11)13-2/h4,7H,3,5H2,1-2H3,(H,10,11). The Morgan fingerprint density at radius 1 is 1.69 bits per heavy atom. The van der Waals surface area contributed by atoms with Gasteiger partial charge in [-0.1, -0.05) is 0 Å². The van der Waals surface area contributed by atoms with Crippen LogP contribution in [0.3, 0.4) is 0 Å². The minimum atomic E-state index is -4.08. The second-order valence-electron chi connectivity index (χ2n) is 2.53.